The molecule has 0 radical (unpaired) electrons. The highest BCUT2D eigenvalue weighted by Crippen LogP contribution is 2.57. The van der Waals surface area contributed by atoms with Gasteiger partial charge in [-0.2, -0.15) is 0 Å². The fourth-order valence-electron chi connectivity index (χ4n) is 9.45. The number of aliphatic imine (C=N–C) groups is 4. The molecule has 1 unspecified atom stereocenters. The summed E-state index contributed by atoms with van der Waals surface area (Å²) in [6, 6.07) is 62.1. The molecule has 2 aliphatic rings. The maximum atomic E-state index is 12.8. The minimum absolute atomic E-state index is 0.338. The number of hydrogen-bond donors (Lipinski definition) is 0. The van der Waals surface area contributed by atoms with E-state index in [0.29, 0.717) is 67.2 Å². The highest BCUT2D eigenvalue weighted by molar-refractivity contribution is 6.54. The van der Waals surface area contributed by atoms with E-state index >= 15 is 0 Å². The number of benzene rings is 8. The van der Waals surface area contributed by atoms with E-state index in [9.17, 15) is 19.2 Å². The van der Waals surface area contributed by atoms with Crippen LogP contribution in [0.1, 0.15) is 69.2 Å². The first-order valence-corrected chi connectivity index (χ1v) is 23.6. The van der Waals surface area contributed by atoms with Gasteiger partial charge in [-0.25, -0.2) is 34.2 Å². The van der Waals surface area contributed by atoms with Gasteiger partial charge in [0.2, 0.25) is 11.3 Å². The number of carbonyl (C=O) groups is 4. The third-order valence-corrected chi connectivity index (χ3v) is 13.2. The SMILES string of the molecule is COC(=O)c1ccc(C2=NC(c3cc(-c4ccc(C(=O)OC)cc4)ccc3-c3ccccc3)(C3(c4ccccc4-c4ccccc4)N=C(c4ccc(C(=O)OC)cc4)C(c4ccc(C(=O)OC)cc4)=N3)N=C2)cc1. The molecule has 0 saturated carbocycles. The minimum Gasteiger partial charge on any atom is -0.465 e. The summed E-state index contributed by atoms with van der Waals surface area (Å²) in [6.45, 7) is 0. The monoisotopic (exact) mass is 974 g/mol. The summed E-state index contributed by atoms with van der Waals surface area (Å²) in [7, 11) is 5.35. The van der Waals surface area contributed by atoms with Crippen LogP contribution in [-0.2, 0) is 30.3 Å². The smallest absolute Gasteiger partial charge is 0.337 e. The lowest BCUT2D eigenvalue weighted by Crippen LogP contribution is -2.43. The quantitative estimate of drug-likeness (QED) is 0.0817. The summed E-state index contributed by atoms with van der Waals surface area (Å²) < 4.78 is 20.2. The van der Waals surface area contributed by atoms with Crippen LogP contribution >= 0.6 is 0 Å². The number of carbonyl (C=O) groups excluding carboxylic acids is 4. The molecule has 0 saturated heterocycles. The number of hydrogen-bond acceptors (Lipinski definition) is 12. The number of esters is 4. The molecule has 74 heavy (non-hydrogen) atoms. The van der Waals surface area contributed by atoms with Crippen LogP contribution in [0.4, 0.5) is 0 Å². The molecule has 0 aliphatic carbocycles. The number of rotatable bonds is 13. The topological polar surface area (TPSA) is 155 Å². The van der Waals surface area contributed by atoms with E-state index in [0.717, 1.165) is 33.4 Å². The van der Waals surface area contributed by atoms with Crippen LogP contribution in [0.25, 0.3) is 33.4 Å². The third-order valence-electron chi connectivity index (χ3n) is 13.2. The molecule has 362 valence electrons. The van der Waals surface area contributed by atoms with Crippen molar-refractivity contribution in [3.05, 3.63) is 250 Å². The first-order chi connectivity index (χ1) is 36.1. The maximum absolute atomic E-state index is 12.8. The maximum Gasteiger partial charge on any atom is 0.337 e. The second kappa shape index (κ2) is 20.2. The van der Waals surface area contributed by atoms with Gasteiger partial charge >= 0.3 is 23.9 Å². The average Bonchev–Trinajstić information content (AvgIpc) is 4.15. The van der Waals surface area contributed by atoms with Gasteiger partial charge in [0.15, 0.2) is 0 Å². The van der Waals surface area contributed by atoms with Crippen LogP contribution < -0.4 is 0 Å². The van der Waals surface area contributed by atoms with Crippen molar-refractivity contribution in [3.8, 4) is 33.4 Å². The van der Waals surface area contributed by atoms with E-state index in [1.807, 2.05) is 109 Å². The Bertz CT molecular complexity index is 3510. The minimum atomic E-state index is -1.80. The lowest BCUT2D eigenvalue weighted by Gasteiger charge is -2.40. The average molecular weight is 975 g/mol. The Morgan fingerprint density at radius 2 is 0.716 bits per heavy atom. The van der Waals surface area contributed by atoms with Crippen molar-refractivity contribution in [2.45, 2.75) is 11.3 Å². The normalized spacial score (nSPS) is 15.3. The second-order valence-electron chi connectivity index (χ2n) is 17.3. The standard InChI is InChI=1S/C62H46N4O8/c1-71-57(67)45-27-19-39(20-28-45)49-35-36-51(41-15-9-6-10-16-41)53(37-49)61(63-38-54(64-61)42-21-29-46(30-22-42)58(68)72-2)62(52-18-12-11-17-50(52)40-13-7-5-8-14-40)65-55(43-23-31-47(32-24-43)59(69)73-3)56(66-62)44-25-33-48(34-26-44)60(70)74-4/h5-38H,1-4H3. The van der Waals surface area contributed by atoms with Gasteiger partial charge < -0.3 is 18.9 Å². The highest BCUT2D eigenvalue weighted by atomic mass is 16.5. The van der Waals surface area contributed by atoms with Crippen molar-refractivity contribution in [2.24, 2.45) is 20.0 Å². The Labute approximate surface area is 427 Å². The molecule has 2 heterocycles. The molecule has 1 atom stereocenters. The summed E-state index contributed by atoms with van der Waals surface area (Å²) in [5, 5.41) is 0. The molecule has 10 rings (SSSR count). The lowest BCUT2D eigenvalue weighted by molar-refractivity contribution is 0.0592. The molecule has 2 aliphatic heterocycles. The van der Waals surface area contributed by atoms with Gasteiger partial charge in [-0.15, -0.1) is 0 Å². The van der Waals surface area contributed by atoms with Crippen molar-refractivity contribution < 1.29 is 38.1 Å². The fourth-order valence-corrected chi connectivity index (χ4v) is 9.45. The van der Waals surface area contributed by atoms with Gasteiger partial charge in [-0.05, 0) is 88.0 Å². The van der Waals surface area contributed by atoms with E-state index in [1.54, 1.807) is 91.1 Å². The predicted octanol–water partition coefficient (Wildman–Crippen LogP) is 11.4. The van der Waals surface area contributed by atoms with Crippen molar-refractivity contribution in [2.75, 3.05) is 28.4 Å². The van der Waals surface area contributed by atoms with E-state index in [1.165, 1.54) is 28.4 Å². The molecule has 8 aromatic carbocycles. The Hall–Kier alpha value is -9.68. The van der Waals surface area contributed by atoms with Crippen LogP contribution in [0.5, 0.6) is 0 Å². The number of nitrogens with zero attached hydrogens (tertiary/aromatic N) is 4. The van der Waals surface area contributed by atoms with Crippen LogP contribution in [0, 0.1) is 0 Å². The first kappa shape index (κ1) is 48.0. The Morgan fingerprint density at radius 3 is 1.16 bits per heavy atom. The van der Waals surface area contributed by atoms with Crippen LogP contribution in [-0.4, -0.2) is 75.7 Å². The summed E-state index contributed by atoms with van der Waals surface area (Å²) in [4.78, 5) is 74.3. The van der Waals surface area contributed by atoms with E-state index < -0.39 is 35.2 Å². The second-order valence-corrected chi connectivity index (χ2v) is 17.3. The molecule has 0 bridgehead atoms. The molecule has 0 spiro atoms. The van der Waals surface area contributed by atoms with Gasteiger partial charge in [0.05, 0.1) is 74.0 Å². The van der Waals surface area contributed by atoms with Crippen molar-refractivity contribution in [3.63, 3.8) is 0 Å². The number of methoxy groups -OCH3 is 4. The van der Waals surface area contributed by atoms with E-state index in [-0.39, 0.29) is 0 Å². The summed E-state index contributed by atoms with van der Waals surface area (Å²) in [5.41, 5.74) is 7.35. The molecule has 8 aromatic rings. The molecule has 12 nitrogen and oxygen atoms in total. The molecule has 0 amide bonds. The van der Waals surface area contributed by atoms with Crippen LogP contribution in [0.2, 0.25) is 0 Å². The van der Waals surface area contributed by atoms with Gasteiger partial charge in [-0.3, -0.25) is 4.99 Å². The zero-order valence-electron chi connectivity index (χ0n) is 40.7. The molecular formula is C62H46N4O8. The summed E-state index contributed by atoms with van der Waals surface area (Å²) >= 11 is 0. The number of ether oxygens (including phenoxy) is 4. The molecule has 12 heteroatoms. The largest absolute Gasteiger partial charge is 0.465 e. The predicted molar refractivity (Wildman–Crippen MR) is 285 cm³/mol. The van der Waals surface area contributed by atoms with Crippen molar-refractivity contribution in [1.29, 1.82) is 0 Å². The van der Waals surface area contributed by atoms with Gasteiger partial charge in [0.25, 0.3) is 0 Å². The van der Waals surface area contributed by atoms with Crippen LogP contribution in [0.3, 0.4) is 0 Å². The lowest BCUT2D eigenvalue weighted by atomic mass is 9.76. The third kappa shape index (κ3) is 8.68. The van der Waals surface area contributed by atoms with Crippen molar-refractivity contribution in [1.82, 2.24) is 0 Å². The first-order valence-electron chi connectivity index (χ1n) is 23.6. The van der Waals surface area contributed by atoms with Gasteiger partial charge in [0, 0.05) is 27.8 Å². The zero-order valence-corrected chi connectivity index (χ0v) is 40.7. The van der Waals surface area contributed by atoms with E-state index in [2.05, 4.69) is 6.07 Å². The molecule has 0 aromatic heterocycles. The van der Waals surface area contributed by atoms with Gasteiger partial charge in [-0.1, -0.05) is 146 Å². The highest BCUT2D eigenvalue weighted by Gasteiger charge is 2.61. The van der Waals surface area contributed by atoms with E-state index in [4.69, 9.17) is 38.9 Å². The zero-order chi connectivity index (χ0) is 51.4. The van der Waals surface area contributed by atoms with Crippen molar-refractivity contribution >= 4 is 47.2 Å². The Kier molecular flexibility index (Phi) is 13.1. The Balaban J connectivity index is 1.35. The molecule has 0 N–H and O–H groups in total. The summed E-state index contributed by atoms with van der Waals surface area (Å²) in [5.74, 6) is -1.95. The molecular weight excluding hydrogens is 929 g/mol. The van der Waals surface area contributed by atoms with Gasteiger partial charge in [0.1, 0.15) is 0 Å². The molecule has 0 fully saturated rings. The van der Waals surface area contributed by atoms with Crippen LogP contribution in [0.15, 0.2) is 220 Å². The fraction of sp³-hybridized carbons (Fsp3) is 0.0968. The Morgan fingerprint density at radius 1 is 0.338 bits per heavy atom. The summed E-state index contributed by atoms with van der Waals surface area (Å²) in [6.07, 6.45) is 1.73.